The maximum atomic E-state index is 13.2. The Hall–Kier alpha value is -3.26. The minimum Gasteiger partial charge on any atom is -0.467 e. The van der Waals surface area contributed by atoms with Crippen LogP contribution in [0.25, 0.3) is 11.3 Å². The minimum absolute atomic E-state index is 0.171. The van der Waals surface area contributed by atoms with E-state index in [-0.39, 0.29) is 18.1 Å². The third-order valence-electron chi connectivity index (χ3n) is 4.11. The number of hydrogen-bond acceptors (Lipinski definition) is 5. The van der Waals surface area contributed by atoms with Crippen molar-refractivity contribution in [2.24, 2.45) is 0 Å². The van der Waals surface area contributed by atoms with Gasteiger partial charge in [0.1, 0.15) is 23.9 Å². The van der Waals surface area contributed by atoms with Crippen LogP contribution in [0.5, 0.6) is 0 Å². The van der Waals surface area contributed by atoms with Crippen LogP contribution in [0.2, 0.25) is 0 Å². The summed E-state index contributed by atoms with van der Waals surface area (Å²) in [4.78, 5) is 18.0. The van der Waals surface area contributed by atoms with Crippen molar-refractivity contribution in [2.45, 2.75) is 19.9 Å². The quantitative estimate of drug-likeness (QED) is 0.528. The van der Waals surface area contributed by atoms with E-state index in [1.165, 1.54) is 23.5 Å². The summed E-state index contributed by atoms with van der Waals surface area (Å²) in [5.41, 5.74) is 1.50. The highest BCUT2D eigenvalue weighted by atomic mass is 32.1. The van der Waals surface area contributed by atoms with Gasteiger partial charge in [0.05, 0.1) is 29.6 Å². The molecule has 3 heterocycles. The van der Waals surface area contributed by atoms with Crippen molar-refractivity contribution in [1.29, 1.82) is 0 Å². The fourth-order valence-electron chi connectivity index (χ4n) is 2.87. The molecular weight excluding hydrogens is 379 g/mol. The molecule has 0 radical (unpaired) electrons. The lowest BCUT2D eigenvalue weighted by Crippen LogP contribution is -2.17. The molecule has 4 aromatic rings. The van der Waals surface area contributed by atoms with Gasteiger partial charge in [-0.1, -0.05) is 0 Å². The molecule has 1 aromatic carbocycles. The van der Waals surface area contributed by atoms with Gasteiger partial charge in [0, 0.05) is 16.5 Å². The molecule has 0 bridgehead atoms. The van der Waals surface area contributed by atoms with Crippen LogP contribution in [-0.2, 0) is 17.8 Å². The lowest BCUT2D eigenvalue weighted by Gasteiger charge is -2.08. The summed E-state index contributed by atoms with van der Waals surface area (Å²) in [6, 6.07) is 11.5. The Morgan fingerprint density at radius 1 is 1.25 bits per heavy atom. The van der Waals surface area contributed by atoms with Crippen molar-refractivity contribution in [3.8, 4) is 11.3 Å². The number of carbonyl (C=O) groups is 1. The zero-order chi connectivity index (χ0) is 19.5. The molecule has 0 aliphatic carbocycles. The Morgan fingerprint density at radius 2 is 2.07 bits per heavy atom. The topological polar surface area (TPSA) is 73.0 Å². The zero-order valence-electron chi connectivity index (χ0n) is 15.1. The van der Waals surface area contributed by atoms with Gasteiger partial charge in [-0.15, -0.1) is 11.3 Å². The smallest absolute Gasteiger partial charge is 0.230 e. The van der Waals surface area contributed by atoms with Crippen LogP contribution in [0, 0.1) is 12.7 Å². The second kappa shape index (κ2) is 7.77. The van der Waals surface area contributed by atoms with Gasteiger partial charge in [-0.05, 0) is 43.3 Å². The summed E-state index contributed by atoms with van der Waals surface area (Å²) in [5.74, 6) is 0.856. The summed E-state index contributed by atoms with van der Waals surface area (Å²) in [7, 11) is 0. The van der Waals surface area contributed by atoms with Crippen molar-refractivity contribution in [3.05, 3.63) is 76.4 Å². The fraction of sp³-hybridized carbons (Fsp3) is 0.150. The molecule has 142 valence electrons. The Morgan fingerprint density at radius 3 is 2.82 bits per heavy atom. The maximum Gasteiger partial charge on any atom is 0.230 e. The van der Waals surface area contributed by atoms with Gasteiger partial charge in [-0.25, -0.2) is 14.1 Å². The Bertz CT molecular complexity index is 1080. The van der Waals surface area contributed by atoms with Crippen LogP contribution < -0.4 is 5.32 Å². The van der Waals surface area contributed by atoms with Crippen LogP contribution in [0.4, 0.5) is 10.2 Å². The number of thiazole rings is 1. The number of aromatic nitrogens is 3. The minimum atomic E-state index is -0.306. The molecule has 0 saturated carbocycles. The van der Waals surface area contributed by atoms with E-state index in [1.807, 2.05) is 13.0 Å². The van der Waals surface area contributed by atoms with Crippen LogP contribution in [0.1, 0.15) is 15.6 Å². The first-order valence-electron chi connectivity index (χ1n) is 8.65. The summed E-state index contributed by atoms with van der Waals surface area (Å²) in [5, 5.41) is 7.96. The monoisotopic (exact) mass is 396 g/mol. The van der Waals surface area contributed by atoms with E-state index >= 15 is 0 Å². The van der Waals surface area contributed by atoms with E-state index in [0.717, 1.165) is 21.2 Å². The molecule has 0 unspecified atom stereocenters. The second-order valence-corrected chi connectivity index (χ2v) is 7.48. The first kappa shape index (κ1) is 18.1. The lowest BCUT2D eigenvalue weighted by atomic mass is 10.1. The number of rotatable bonds is 6. The normalized spacial score (nSPS) is 10.9. The van der Waals surface area contributed by atoms with Gasteiger partial charge in [-0.2, -0.15) is 5.10 Å². The molecule has 0 spiro atoms. The van der Waals surface area contributed by atoms with Crippen molar-refractivity contribution in [2.75, 3.05) is 5.32 Å². The first-order valence-corrected chi connectivity index (χ1v) is 9.46. The SMILES string of the molecule is Cc1nc(-c2ccc(F)cc2)c(CC(=O)Nc2ccnn2Cc2ccco2)s1. The number of aryl methyl sites for hydroxylation is 1. The largest absolute Gasteiger partial charge is 0.467 e. The zero-order valence-corrected chi connectivity index (χ0v) is 15.9. The molecule has 6 nitrogen and oxygen atoms in total. The molecule has 1 amide bonds. The van der Waals surface area contributed by atoms with Gasteiger partial charge in [0.2, 0.25) is 5.91 Å². The van der Waals surface area contributed by atoms with Crippen LogP contribution in [0.3, 0.4) is 0 Å². The highest BCUT2D eigenvalue weighted by Crippen LogP contribution is 2.29. The number of nitrogens with one attached hydrogen (secondary N) is 1. The molecule has 0 atom stereocenters. The van der Waals surface area contributed by atoms with E-state index in [2.05, 4.69) is 15.4 Å². The molecular formula is C20H17FN4O2S. The standard InChI is InChI=1S/C20H17FN4O2S/c1-13-23-20(14-4-6-15(21)7-5-14)17(28-13)11-19(26)24-18-8-9-22-25(18)12-16-3-2-10-27-16/h2-10H,11-12H2,1H3,(H,24,26). The Balaban J connectivity index is 1.49. The second-order valence-electron chi connectivity index (χ2n) is 6.19. The van der Waals surface area contributed by atoms with Crippen molar-refractivity contribution in [3.63, 3.8) is 0 Å². The van der Waals surface area contributed by atoms with Gasteiger partial charge < -0.3 is 9.73 Å². The summed E-state index contributed by atoms with van der Waals surface area (Å²) < 4.78 is 20.2. The Kier molecular flexibility index (Phi) is 5.03. The highest BCUT2D eigenvalue weighted by molar-refractivity contribution is 7.12. The Labute approximate surface area is 164 Å². The van der Waals surface area contributed by atoms with E-state index in [0.29, 0.717) is 18.1 Å². The van der Waals surface area contributed by atoms with E-state index in [9.17, 15) is 9.18 Å². The van der Waals surface area contributed by atoms with E-state index in [4.69, 9.17) is 4.42 Å². The van der Waals surface area contributed by atoms with Gasteiger partial charge in [-0.3, -0.25) is 4.79 Å². The van der Waals surface area contributed by atoms with Gasteiger partial charge >= 0.3 is 0 Å². The first-order chi connectivity index (χ1) is 13.6. The predicted octanol–water partition coefficient (Wildman–Crippen LogP) is 4.28. The third kappa shape index (κ3) is 4.01. The number of hydrogen-bond donors (Lipinski definition) is 1. The molecule has 28 heavy (non-hydrogen) atoms. The molecule has 0 fully saturated rings. The molecule has 4 rings (SSSR count). The number of anilines is 1. The summed E-state index contributed by atoms with van der Waals surface area (Å²) >= 11 is 1.46. The van der Waals surface area contributed by atoms with Gasteiger partial charge in [0.25, 0.3) is 0 Å². The molecule has 0 aliphatic rings. The molecule has 8 heteroatoms. The van der Waals surface area contributed by atoms with Crippen LogP contribution >= 0.6 is 11.3 Å². The molecule has 3 aromatic heterocycles. The van der Waals surface area contributed by atoms with Crippen LogP contribution in [0.15, 0.2) is 59.3 Å². The maximum absolute atomic E-state index is 13.2. The lowest BCUT2D eigenvalue weighted by molar-refractivity contribution is -0.115. The average molecular weight is 396 g/mol. The average Bonchev–Trinajstić information content (AvgIpc) is 3.40. The molecule has 1 N–H and O–H groups in total. The van der Waals surface area contributed by atoms with Crippen molar-refractivity contribution < 1.29 is 13.6 Å². The van der Waals surface area contributed by atoms with Crippen molar-refractivity contribution >= 4 is 23.1 Å². The number of benzene rings is 1. The number of amides is 1. The fourth-order valence-corrected chi connectivity index (χ4v) is 3.83. The number of halogens is 1. The predicted molar refractivity (Wildman–Crippen MR) is 105 cm³/mol. The van der Waals surface area contributed by atoms with E-state index in [1.54, 1.807) is 41.4 Å². The number of nitrogens with zero attached hydrogens (tertiary/aromatic N) is 3. The molecule has 0 aliphatic heterocycles. The summed E-state index contributed by atoms with van der Waals surface area (Å²) in [6.07, 6.45) is 3.39. The summed E-state index contributed by atoms with van der Waals surface area (Å²) in [6.45, 7) is 2.31. The highest BCUT2D eigenvalue weighted by Gasteiger charge is 2.16. The van der Waals surface area contributed by atoms with Gasteiger partial charge in [0.15, 0.2) is 0 Å². The van der Waals surface area contributed by atoms with E-state index < -0.39 is 0 Å². The third-order valence-corrected chi connectivity index (χ3v) is 5.08. The van der Waals surface area contributed by atoms with Crippen molar-refractivity contribution in [1.82, 2.24) is 14.8 Å². The number of furan rings is 1. The molecule has 0 saturated heterocycles. The number of carbonyl (C=O) groups excluding carboxylic acids is 1. The van der Waals surface area contributed by atoms with Crippen LogP contribution in [-0.4, -0.2) is 20.7 Å².